The van der Waals surface area contributed by atoms with Gasteiger partial charge in [-0.3, -0.25) is 0 Å². The van der Waals surface area contributed by atoms with Crippen LogP contribution in [0.2, 0.25) is 0 Å². The maximum atomic E-state index is 13.7. The number of benzene rings is 2. The Morgan fingerprint density at radius 3 is 2.47 bits per heavy atom. The van der Waals surface area contributed by atoms with E-state index in [1.807, 2.05) is 26.8 Å². The van der Waals surface area contributed by atoms with Crippen molar-refractivity contribution in [1.82, 2.24) is 8.87 Å². The van der Waals surface area contributed by atoms with E-state index in [1.54, 1.807) is 49.1 Å². The fraction of sp³-hybridized carbons (Fsp3) is 0.400. The van der Waals surface area contributed by atoms with E-state index in [-0.39, 0.29) is 18.0 Å². The lowest BCUT2D eigenvalue weighted by Gasteiger charge is -2.26. The van der Waals surface area contributed by atoms with Crippen LogP contribution in [0.4, 0.5) is 4.79 Å². The van der Waals surface area contributed by atoms with Gasteiger partial charge in [0.05, 0.1) is 30.6 Å². The van der Waals surface area contributed by atoms with Crippen LogP contribution >= 0.6 is 0 Å². The predicted octanol–water partition coefficient (Wildman–Crippen LogP) is 4.63. The summed E-state index contributed by atoms with van der Waals surface area (Å²) in [7, 11) is -2.37. The van der Waals surface area contributed by atoms with Gasteiger partial charge in [0, 0.05) is 22.7 Å². The SMILES string of the molecule is COc1cc2c(cc(C)n2S(=O)(=O)c2ccccc2C)c2c1OCCN(C(=O)OC(C)(C)C)C2. The summed E-state index contributed by atoms with van der Waals surface area (Å²) in [6, 6.07) is 10.4. The third-order valence-corrected chi connectivity index (χ3v) is 7.68. The molecule has 0 spiro atoms. The molecule has 34 heavy (non-hydrogen) atoms. The highest BCUT2D eigenvalue weighted by Gasteiger charge is 2.31. The highest BCUT2D eigenvalue weighted by molar-refractivity contribution is 7.90. The molecule has 4 rings (SSSR count). The summed E-state index contributed by atoms with van der Waals surface area (Å²) in [4.78, 5) is 14.6. The number of rotatable bonds is 3. The van der Waals surface area contributed by atoms with E-state index < -0.39 is 21.7 Å². The standard InChI is InChI=1S/C25H30N2O6S/c1-16-9-7-8-10-22(16)34(29,30)27-17(2)13-18-19-15-26(24(28)33-25(3,4)5)11-12-32-23(19)21(31-6)14-20(18)27/h7-10,13-14H,11-12,15H2,1-6H3. The minimum Gasteiger partial charge on any atom is -0.493 e. The molecule has 0 fully saturated rings. The Morgan fingerprint density at radius 1 is 1.12 bits per heavy atom. The minimum absolute atomic E-state index is 0.200. The Balaban J connectivity index is 1.91. The first-order valence-corrected chi connectivity index (χ1v) is 12.5. The molecule has 1 amide bonds. The van der Waals surface area contributed by atoms with E-state index in [1.165, 1.54) is 11.1 Å². The number of ether oxygens (including phenoxy) is 3. The summed E-state index contributed by atoms with van der Waals surface area (Å²) in [5, 5.41) is 0.681. The quantitative estimate of drug-likeness (QED) is 0.536. The van der Waals surface area contributed by atoms with Gasteiger partial charge in [0.15, 0.2) is 11.5 Å². The highest BCUT2D eigenvalue weighted by Crippen LogP contribution is 2.42. The van der Waals surface area contributed by atoms with Gasteiger partial charge in [-0.1, -0.05) is 18.2 Å². The third-order valence-electron chi connectivity index (χ3n) is 5.70. The lowest BCUT2D eigenvalue weighted by atomic mass is 10.1. The van der Waals surface area contributed by atoms with Crippen LogP contribution < -0.4 is 9.47 Å². The lowest BCUT2D eigenvalue weighted by Crippen LogP contribution is -2.37. The van der Waals surface area contributed by atoms with Crippen molar-refractivity contribution in [1.29, 1.82) is 0 Å². The largest absolute Gasteiger partial charge is 0.493 e. The fourth-order valence-corrected chi connectivity index (χ4v) is 5.98. The van der Waals surface area contributed by atoms with Gasteiger partial charge in [-0.15, -0.1) is 0 Å². The monoisotopic (exact) mass is 486 g/mol. The normalized spacial score (nSPS) is 14.4. The van der Waals surface area contributed by atoms with Crippen LogP contribution in [0.1, 0.15) is 37.6 Å². The first-order valence-electron chi connectivity index (χ1n) is 11.1. The van der Waals surface area contributed by atoms with Crippen molar-refractivity contribution in [2.45, 2.75) is 51.7 Å². The number of carbonyl (C=O) groups is 1. The van der Waals surface area contributed by atoms with Crippen molar-refractivity contribution in [3.8, 4) is 11.5 Å². The van der Waals surface area contributed by atoms with Crippen LogP contribution in [0.5, 0.6) is 11.5 Å². The summed E-state index contributed by atoms with van der Waals surface area (Å²) in [5.74, 6) is 0.916. The van der Waals surface area contributed by atoms with E-state index in [0.29, 0.717) is 45.8 Å². The van der Waals surface area contributed by atoms with Gasteiger partial charge >= 0.3 is 6.09 Å². The molecule has 182 valence electrons. The molecule has 1 aliphatic heterocycles. The van der Waals surface area contributed by atoms with E-state index in [2.05, 4.69) is 0 Å². The molecule has 0 bridgehead atoms. The predicted molar refractivity (Wildman–Crippen MR) is 129 cm³/mol. The van der Waals surface area contributed by atoms with Gasteiger partial charge < -0.3 is 19.1 Å². The molecule has 0 saturated carbocycles. The Bertz CT molecular complexity index is 1370. The van der Waals surface area contributed by atoms with Gasteiger partial charge in [0.25, 0.3) is 10.0 Å². The third kappa shape index (κ3) is 4.20. The minimum atomic E-state index is -3.88. The van der Waals surface area contributed by atoms with Crippen LogP contribution in [-0.4, -0.2) is 49.2 Å². The molecule has 2 heterocycles. The van der Waals surface area contributed by atoms with Crippen LogP contribution in [0, 0.1) is 13.8 Å². The molecule has 1 aromatic heterocycles. The number of aryl methyl sites for hydroxylation is 2. The van der Waals surface area contributed by atoms with Crippen LogP contribution in [0.15, 0.2) is 41.3 Å². The van der Waals surface area contributed by atoms with E-state index in [4.69, 9.17) is 14.2 Å². The molecule has 0 N–H and O–H groups in total. The lowest BCUT2D eigenvalue weighted by molar-refractivity contribution is 0.0226. The number of amides is 1. The number of hydrogen-bond acceptors (Lipinski definition) is 6. The number of hydrogen-bond donors (Lipinski definition) is 0. The average molecular weight is 487 g/mol. The van der Waals surface area contributed by atoms with Crippen molar-refractivity contribution < 1.29 is 27.4 Å². The summed E-state index contributed by atoms with van der Waals surface area (Å²) >= 11 is 0. The summed E-state index contributed by atoms with van der Waals surface area (Å²) in [6.45, 7) is 9.75. The van der Waals surface area contributed by atoms with Crippen molar-refractivity contribution in [2.24, 2.45) is 0 Å². The first-order chi connectivity index (χ1) is 15.9. The fourth-order valence-electron chi connectivity index (χ4n) is 4.22. The molecule has 3 aromatic rings. The second-order valence-corrected chi connectivity index (χ2v) is 11.1. The Hall–Kier alpha value is -3.20. The van der Waals surface area contributed by atoms with Gasteiger partial charge in [0.2, 0.25) is 0 Å². The Labute approximate surface area is 200 Å². The molecule has 0 saturated heterocycles. The average Bonchev–Trinajstić information content (AvgIpc) is 2.93. The maximum Gasteiger partial charge on any atom is 0.410 e. The van der Waals surface area contributed by atoms with Crippen LogP contribution in [0.25, 0.3) is 10.9 Å². The second-order valence-electron chi connectivity index (χ2n) is 9.39. The van der Waals surface area contributed by atoms with E-state index in [0.717, 1.165) is 0 Å². The van der Waals surface area contributed by atoms with Gasteiger partial charge in [0.1, 0.15) is 12.2 Å². The Morgan fingerprint density at radius 2 is 1.82 bits per heavy atom. The van der Waals surface area contributed by atoms with E-state index >= 15 is 0 Å². The molecular formula is C25H30N2O6S. The zero-order valence-corrected chi connectivity index (χ0v) is 21.2. The summed E-state index contributed by atoms with van der Waals surface area (Å²) < 4.78 is 45.9. The van der Waals surface area contributed by atoms with Crippen molar-refractivity contribution in [3.05, 3.63) is 53.2 Å². The molecule has 0 unspecified atom stereocenters. The molecular weight excluding hydrogens is 456 g/mol. The molecule has 2 aromatic carbocycles. The smallest absolute Gasteiger partial charge is 0.410 e. The molecule has 0 aliphatic carbocycles. The number of nitrogens with zero attached hydrogens (tertiary/aromatic N) is 2. The zero-order valence-electron chi connectivity index (χ0n) is 20.3. The van der Waals surface area contributed by atoms with Crippen molar-refractivity contribution in [2.75, 3.05) is 20.3 Å². The highest BCUT2D eigenvalue weighted by atomic mass is 32.2. The second kappa shape index (κ2) is 8.54. The number of fused-ring (bicyclic) bond motifs is 3. The number of carbonyl (C=O) groups excluding carboxylic acids is 1. The number of methoxy groups -OCH3 is 1. The van der Waals surface area contributed by atoms with Gasteiger partial charge in [-0.2, -0.15) is 0 Å². The number of aromatic nitrogens is 1. The topological polar surface area (TPSA) is 87.1 Å². The zero-order chi connectivity index (χ0) is 24.8. The molecule has 0 radical (unpaired) electrons. The Kier molecular flexibility index (Phi) is 6.01. The van der Waals surface area contributed by atoms with E-state index in [9.17, 15) is 13.2 Å². The molecule has 9 heteroatoms. The molecule has 1 aliphatic rings. The molecule has 8 nitrogen and oxygen atoms in total. The maximum absolute atomic E-state index is 13.7. The van der Waals surface area contributed by atoms with Crippen molar-refractivity contribution in [3.63, 3.8) is 0 Å². The van der Waals surface area contributed by atoms with Crippen molar-refractivity contribution >= 4 is 27.0 Å². The summed E-state index contributed by atoms with van der Waals surface area (Å²) in [5.41, 5.74) is 1.70. The molecule has 0 atom stereocenters. The first kappa shape index (κ1) is 23.9. The van der Waals surface area contributed by atoms with Crippen LogP contribution in [0.3, 0.4) is 0 Å². The van der Waals surface area contributed by atoms with Gasteiger partial charge in [-0.05, 0) is 52.3 Å². The summed E-state index contributed by atoms with van der Waals surface area (Å²) in [6.07, 6.45) is -0.455. The van der Waals surface area contributed by atoms with Gasteiger partial charge in [-0.25, -0.2) is 17.2 Å². The van der Waals surface area contributed by atoms with Crippen LogP contribution in [-0.2, 0) is 21.3 Å².